The second-order valence-corrected chi connectivity index (χ2v) is 4.38. The second kappa shape index (κ2) is 5.83. The van der Waals surface area contributed by atoms with Crippen molar-refractivity contribution in [3.05, 3.63) is 29.8 Å². The van der Waals surface area contributed by atoms with Crippen molar-refractivity contribution in [3.8, 4) is 11.8 Å². The van der Waals surface area contributed by atoms with E-state index < -0.39 is 12.2 Å². The molecule has 2 unspecified atom stereocenters. The molecule has 1 heterocycles. The summed E-state index contributed by atoms with van der Waals surface area (Å²) in [5.41, 5.74) is 0.605. The van der Waals surface area contributed by atoms with Crippen molar-refractivity contribution in [1.82, 2.24) is 4.90 Å². The van der Waals surface area contributed by atoms with Crippen LogP contribution in [0.3, 0.4) is 0 Å². The van der Waals surface area contributed by atoms with Crippen LogP contribution >= 0.6 is 0 Å². The van der Waals surface area contributed by atoms with Gasteiger partial charge in [0.1, 0.15) is 12.4 Å². The van der Waals surface area contributed by atoms with Gasteiger partial charge < -0.3 is 14.9 Å². The van der Waals surface area contributed by atoms with Gasteiger partial charge in [0, 0.05) is 19.6 Å². The number of aliphatic hydroxyl groups excluding tert-OH is 2. The van der Waals surface area contributed by atoms with Crippen LogP contribution < -0.4 is 4.74 Å². The molecule has 0 aromatic heterocycles. The van der Waals surface area contributed by atoms with E-state index in [2.05, 4.69) is 0 Å². The molecule has 0 aliphatic carbocycles. The summed E-state index contributed by atoms with van der Waals surface area (Å²) in [6, 6.07) is 8.97. The molecule has 1 aromatic rings. The fourth-order valence-electron chi connectivity index (χ4n) is 1.95. The second-order valence-electron chi connectivity index (χ2n) is 4.38. The molecule has 0 saturated carbocycles. The van der Waals surface area contributed by atoms with Gasteiger partial charge in [-0.2, -0.15) is 5.26 Å². The Morgan fingerprint density at radius 1 is 1.22 bits per heavy atom. The van der Waals surface area contributed by atoms with Crippen LogP contribution in [0.1, 0.15) is 5.56 Å². The Bertz CT molecular complexity index is 417. The summed E-state index contributed by atoms with van der Waals surface area (Å²) in [6.07, 6.45) is -1.31. The van der Waals surface area contributed by atoms with Crippen molar-refractivity contribution in [1.29, 1.82) is 5.26 Å². The van der Waals surface area contributed by atoms with E-state index in [1.165, 1.54) is 0 Å². The molecule has 2 N–H and O–H groups in total. The first kappa shape index (κ1) is 12.8. The van der Waals surface area contributed by atoms with Gasteiger partial charge in [0.2, 0.25) is 0 Å². The molecule has 5 heteroatoms. The first-order chi connectivity index (χ1) is 8.69. The molecule has 0 spiro atoms. The van der Waals surface area contributed by atoms with Crippen molar-refractivity contribution < 1.29 is 14.9 Å². The van der Waals surface area contributed by atoms with E-state index in [9.17, 15) is 10.2 Å². The number of β-amino-alcohol motifs (C(OH)–C–C–N with tert-alkyl or cyclic N) is 2. The van der Waals surface area contributed by atoms with Crippen LogP contribution in [0.25, 0.3) is 0 Å². The van der Waals surface area contributed by atoms with Gasteiger partial charge in [0.15, 0.2) is 0 Å². The molecular weight excluding hydrogens is 232 g/mol. The van der Waals surface area contributed by atoms with E-state index in [0.29, 0.717) is 37.6 Å². The molecule has 18 heavy (non-hydrogen) atoms. The van der Waals surface area contributed by atoms with E-state index in [1.54, 1.807) is 24.3 Å². The van der Waals surface area contributed by atoms with E-state index >= 15 is 0 Å². The summed E-state index contributed by atoms with van der Waals surface area (Å²) in [6.45, 7) is 2.12. The first-order valence-corrected chi connectivity index (χ1v) is 5.90. The summed E-state index contributed by atoms with van der Waals surface area (Å²) in [4.78, 5) is 1.96. The van der Waals surface area contributed by atoms with Gasteiger partial charge in [-0.25, -0.2) is 0 Å². The topological polar surface area (TPSA) is 76.7 Å². The predicted molar refractivity (Wildman–Crippen MR) is 65.1 cm³/mol. The third kappa shape index (κ3) is 3.20. The van der Waals surface area contributed by atoms with E-state index in [0.717, 1.165) is 0 Å². The van der Waals surface area contributed by atoms with Gasteiger partial charge >= 0.3 is 0 Å². The Labute approximate surface area is 106 Å². The Kier molecular flexibility index (Phi) is 4.15. The molecular formula is C13H16N2O3. The maximum atomic E-state index is 9.38. The lowest BCUT2D eigenvalue weighted by Crippen LogP contribution is -2.27. The Morgan fingerprint density at radius 3 is 2.39 bits per heavy atom. The summed E-state index contributed by atoms with van der Waals surface area (Å²) in [7, 11) is 0. The molecule has 96 valence electrons. The van der Waals surface area contributed by atoms with Crippen molar-refractivity contribution in [2.75, 3.05) is 26.2 Å². The maximum absolute atomic E-state index is 9.38. The molecule has 5 nitrogen and oxygen atoms in total. The van der Waals surface area contributed by atoms with Crippen molar-refractivity contribution in [2.45, 2.75) is 12.2 Å². The maximum Gasteiger partial charge on any atom is 0.119 e. The van der Waals surface area contributed by atoms with Gasteiger partial charge in [-0.3, -0.25) is 4.90 Å². The Balaban J connectivity index is 1.74. The number of nitriles is 1. The van der Waals surface area contributed by atoms with Gasteiger partial charge in [0.05, 0.1) is 23.8 Å². The number of hydrogen-bond acceptors (Lipinski definition) is 5. The van der Waals surface area contributed by atoms with Crippen molar-refractivity contribution in [2.24, 2.45) is 0 Å². The minimum Gasteiger partial charge on any atom is -0.492 e. The molecule has 1 aliphatic heterocycles. The lowest BCUT2D eigenvalue weighted by atomic mass is 10.2. The molecule has 1 saturated heterocycles. The predicted octanol–water partition coefficient (Wildman–Crippen LogP) is -0.0255. The van der Waals surface area contributed by atoms with Crippen LogP contribution in [-0.4, -0.2) is 53.6 Å². The van der Waals surface area contributed by atoms with Crippen molar-refractivity contribution in [3.63, 3.8) is 0 Å². The largest absolute Gasteiger partial charge is 0.492 e. The molecule has 1 aromatic carbocycles. The summed E-state index contributed by atoms with van der Waals surface area (Å²) < 4.78 is 5.52. The highest BCUT2D eigenvalue weighted by Crippen LogP contribution is 2.13. The average molecular weight is 248 g/mol. The standard InChI is InChI=1S/C13H16N2O3/c14-7-10-1-3-11(4-2-10)18-6-5-15-8-12(16)13(17)9-15/h1-4,12-13,16-17H,5-6,8-9H2. The summed E-state index contributed by atoms with van der Waals surface area (Å²) in [5.74, 6) is 0.717. The zero-order valence-electron chi connectivity index (χ0n) is 9.99. The Hall–Kier alpha value is -1.61. The third-order valence-corrected chi connectivity index (χ3v) is 2.99. The smallest absolute Gasteiger partial charge is 0.119 e. The average Bonchev–Trinajstić information content (AvgIpc) is 2.69. The number of aliphatic hydroxyl groups is 2. The fourth-order valence-corrected chi connectivity index (χ4v) is 1.95. The molecule has 0 bridgehead atoms. The van der Waals surface area contributed by atoms with Gasteiger partial charge in [-0.05, 0) is 24.3 Å². The van der Waals surface area contributed by atoms with E-state index in [-0.39, 0.29) is 0 Å². The van der Waals surface area contributed by atoms with Crippen LogP contribution in [0.5, 0.6) is 5.75 Å². The van der Waals surface area contributed by atoms with Crippen LogP contribution in [-0.2, 0) is 0 Å². The molecule has 2 rings (SSSR count). The number of benzene rings is 1. The first-order valence-electron chi connectivity index (χ1n) is 5.90. The van der Waals surface area contributed by atoms with Crippen LogP contribution in [0.4, 0.5) is 0 Å². The van der Waals surface area contributed by atoms with Gasteiger partial charge in [0.25, 0.3) is 0 Å². The number of rotatable bonds is 4. The van der Waals surface area contributed by atoms with Gasteiger partial charge in [-0.1, -0.05) is 0 Å². The monoisotopic (exact) mass is 248 g/mol. The summed E-state index contributed by atoms with van der Waals surface area (Å²) in [5, 5.41) is 27.4. The van der Waals surface area contributed by atoms with Crippen LogP contribution in [0.15, 0.2) is 24.3 Å². The lowest BCUT2D eigenvalue weighted by Gasteiger charge is -2.15. The highest BCUT2D eigenvalue weighted by molar-refractivity contribution is 5.34. The van der Waals surface area contributed by atoms with Gasteiger partial charge in [-0.15, -0.1) is 0 Å². The molecule has 0 amide bonds. The number of nitrogens with zero attached hydrogens (tertiary/aromatic N) is 2. The third-order valence-electron chi connectivity index (χ3n) is 2.99. The van der Waals surface area contributed by atoms with Crippen LogP contribution in [0.2, 0.25) is 0 Å². The zero-order valence-corrected chi connectivity index (χ0v) is 9.99. The van der Waals surface area contributed by atoms with E-state index in [1.807, 2.05) is 11.0 Å². The highest BCUT2D eigenvalue weighted by Gasteiger charge is 2.28. The minimum atomic E-state index is -0.653. The van der Waals surface area contributed by atoms with E-state index in [4.69, 9.17) is 10.00 Å². The quantitative estimate of drug-likeness (QED) is 0.782. The Morgan fingerprint density at radius 2 is 1.83 bits per heavy atom. The molecule has 2 atom stereocenters. The fraction of sp³-hybridized carbons (Fsp3) is 0.462. The molecule has 1 aliphatic rings. The highest BCUT2D eigenvalue weighted by atomic mass is 16.5. The zero-order chi connectivity index (χ0) is 13.0. The number of likely N-dealkylation sites (tertiary alicyclic amines) is 1. The molecule has 0 radical (unpaired) electrons. The van der Waals surface area contributed by atoms with Crippen molar-refractivity contribution >= 4 is 0 Å². The number of ether oxygens (including phenoxy) is 1. The lowest BCUT2D eigenvalue weighted by molar-refractivity contribution is 0.0572. The normalized spacial score (nSPS) is 23.8. The number of hydrogen-bond donors (Lipinski definition) is 2. The SMILES string of the molecule is N#Cc1ccc(OCCN2CC(O)C(O)C2)cc1. The summed E-state index contributed by atoms with van der Waals surface area (Å²) >= 11 is 0. The van der Waals surface area contributed by atoms with Crippen LogP contribution in [0, 0.1) is 11.3 Å². The minimum absolute atomic E-state index is 0.484. The molecule has 1 fully saturated rings.